The maximum Gasteiger partial charge on any atom is 0.258 e. The molecule has 0 saturated heterocycles. The van der Waals surface area contributed by atoms with Gasteiger partial charge in [-0.25, -0.2) is 0 Å². The zero-order valence-corrected chi connectivity index (χ0v) is 12.3. The van der Waals surface area contributed by atoms with Crippen LogP contribution in [-0.2, 0) is 4.79 Å². The molecule has 20 heavy (non-hydrogen) atoms. The van der Waals surface area contributed by atoms with Gasteiger partial charge in [0.2, 0.25) is 0 Å². The Hall–Kier alpha value is -1.51. The van der Waals surface area contributed by atoms with Crippen LogP contribution in [0, 0.1) is 25.7 Å². The van der Waals surface area contributed by atoms with Crippen molar-refractivity contribution < 1.29 is 9.53 Å². The molecule has 0 aliphatic heterocycles. The molecule has 0 unspecified atom stereocenters. The second-order valence-corrected chi connectivity index (χ2v) is 6.38. The molecule has 2 aliphatic rings. The normalized spacial score (nSPS) is 27.6. The summed E-state index contributed by atoms with van der Waals surface area (Å²) in [5.74, 6) is 2.36. The Morgan fingerprint density at radius 3 is 2.75 bits per heavy atom. The van der Waals surface area contributed by atoms with Crippen molar-refractivity contribution in [3.05, 3.63) is 29.3 Å². The summed E-state index contributed by atoms with van der Waals surface area (Å²) in [7, 11) is 0. The molecule has 1 aromatic carbocycles. The maximum atomic E-state index is 12.0. The van der Waals surface area contributed by atoms with Crippen LogP contribution < -0.4 is 10.1 Å². The average molecular weight is 273 g/mol. The highest BCUT2D eigenvalue weighted by Crippen LogP contribution is 2.44. The number of nitrogens with one attached hydrogen (secondary N) is 1. The number of hydrogen-bond acceptors (Lipinski definition) is 2. The first kappa shape index (κ1) is 13.5. The highest BCUT2D eigenvalue weighted by molar-refractivity contribution is 5.78. The predicted molar refractivity (Wildman–Crippen MR) is 78.8 cm³/mol. The van der Waals surface area contributed by atoms with Gasteiger partial charge in [-0.05, 0) is 68.2 Å². The third-order valence-electron chi connectivity index (χ3n) is 4.93. The molecule has 1 N–H and O–H groups in total. The van der Waals surface area contributed by atoms with Crippen molar-refractivity contribution >= 4 is 5.91 Å². The SMILES string of the molecule is Cc1ccc(OCC(=O)N[C@H]2C[C@@H]3CC[C@@H]2C3)cc1C. The van der Waals surface area contributed by atoms with Crippen LogP contribution in [0.3, 0.4) is 0 Å². The first-order chi connectivity index (χ1) is 9.61. The van der Waals surface area contributed by atoms with E-state index in [1.54, 1.807) is 0 Å². The minimum absolute atomic E-state index is 0.0146. The Balaban J connectivity index is 1.48. The molecule has 3 atom stereocenters. The topological polar surface area (TPSA) is 38.3 Å². The van der Waals surface area contributed by atoms with E-state index in [0.717, 1.165) is 11.7 Å². The third-order valence-corrected chi connectivity index (χ3v) is 4.93. The Morgan fingerprint density at radius 2 is 2.10 bits per heavy atom. The van der Waals surface area contributed by atoms with Crippen molar-refractivity contribution in [2.45, 2.75) is 45.6 Å². The van der Waals surface area contributed by atoms with Gasteiger partial charge in [-0.15, -0.1) is 0 Å². The number of fused-ring (bicyclic) bond motifs is 2. The molecule has 2 aliphatic carbocycles. The van der Waals surface area contributed by atoms with Gasteiger partial charge in [0, 0.05) is 6.04 Å². The number of amides is 1. The fourth-order valence-corrected chi connectivity index (χ4v) is 3.62. The van der Waals surface area contributed by atoms with Crippen LogP contribution in [-0.4, -0.2) is 18.6 Å². The van der Waals surface area contributed by atoms with Crippen LogP contribution in [0.25, 0.3) is 0 Å². The molecule has 0 heterocycles. The van der Waals surface area contributed by atoms with Gasteiger partial charge < -0.3 is 10.1 Å². The molecule has 1 aromatic rings. The van der Waals surface area contributed by atoms with Crippen LogP contribution in [0.5, 0.6) is 5.75 Å². The van der Waals surface area contributed by atoms with Gasteiger partial charge in [-0.1, -0.05) is 12.5 Å². The Bertz CT molecular complexity index is 512. The molecule has 2 fully saturated rings. The van der Waals surface area contributed by atoms with Crippen LogP contribution >= 0.6 is 0 Å². The summed E-state index contributed by atoms with van der Waals surface area (Å²) < 4.78 is 5.58. The molecule has 2 bridgehead atoms. The fourth-order valence-electron chi connectivity index (χ4n) is 3.62. The van der Waals surface area contributed by atoms with Gasteiger partial charge in [-0.2, -0.15) is 0 Å². The van der Waals surface area contributed by atoms with E-state index >= 15 is 0 Å². The van der Waals surface area contributed by atoms with Crippen molar-refractivity contribution in [3.63, 3.8) is 0 Å². The number of hydrogen-bond donors (Lipinski definition) is 1. The molecule has 0 aromatic heterocycles. The number of ether oxygens (including phenoxy) is 1. The van der Waals surface area contributed by atoms with Crippen LogP contribution in [0.15, 0.2) is 18.2 Å². The van der Waals surface area contributed by atoms with Crippen molar-refractivity contribution in [1.29, 1.82) is 0 Å². The van der Waals surface area contributed by atoms with E-state index in [2.05, 4.69) is 19.2 Å². The lowest BCUT2D eigenvalue weighted by Crippen LogP contribution is -2.40. The lowest BCUT2D eigenvalue weighted by Gasteiger charge is -2.22. The number of carbonyl (C=O) groups excluding carboxylic acids is 1. The highest BCUT2D eigenvalue weighted by atomic mass is 16.5. The van der Waals surface area contributed by atoms with Gasteiger partial charge in [0.25, 0.3) is 5.91 Å². The number of rotatable bonds is 4. The summed E-state index contributed by atoms with van der Waals surface area (Å²) in [4.78, 5) is 12.0. The number of carbonyl (C=O) groups is 1. The molecule has 0 spiro atoms. The first-order valence-electron chi connectivity index (χ1n) is 7.61. The van der Waals surface area contributed by atoms with E-state index in [0.29, 0.717) is 12.0 Å². The number of benzene rings is 1. The summed E-state index contributed by atoms with van der Waals surface area (Å²) in [5, 5.41) is 3.14. The zero-order valence-electron chi connectivity index (χ0n) is 12.3. The van der Waals surface area contributed by atoms with E-state index in [9.17, 15) is 4.79 Å². The first-order valence-corrected chi connectivity index (χ1v) is 7.61. The standard InChI is InChI=1S/C17H23NO2/c1-11-3-6-15(7-12(11)2)20-10-17(19)18-16-9-13-4-5-14(16)8-13/h3,6-7,13-14,16H,4-5,8-10H2,1-2H3,(H,18,19)/t13-,14-,16+/m1/s1. The smallest absolute Gasteiger partial charge is 0.258 e. The van der Waals surface area contributed by atoms with E-state index in [1.165, 1.54) is 36.8 Å². The highest BCUT2D eigenvalue weighted by Gasteiger charge is 2.40. The van der Waals surface area contributed by atoms with E-state index in [4.69, 9.17) is 4.74 Å². The fraction of sp³-hybridized carbons (Fsp3) is 0.588. The molecule has 108 valence electrons. The van der Waals surface area contributed by atoms with Crippen LogP contribution in [0.4, 0.5) is 0 Å². The molecular formula is C17H23NO2. The molecule has 2 saturated carbocycles. The second kappa shape index (κ2) is 5.47. The quantitative estimate of drug-likeness (QED) is 0.916. The molecule has 1 amide bonds. The Morgan fingerprint density at radius 1 is 1.25 bits per heavy atom. The molecule has 0 radical (unpaired) electrons. The van der Waals surface area contributed by atoms with E-state index in [1.807, 2.05) is 18.2 Å². The Kier molecular flexibility index (Phi) is 3.68. The molecule has 3 heteroatoms. The van der Waals surface area contributed by atoms with Crippen LogP contribution in [0.1, 0.15) is 36.8 Å². The average Bonchev–Trinajstić information content (AvgIpc) is 3.02. The monoisotopic (exact) mass is 273 g/mol. The van der Waals surface area contributed by atoms with Gasteiger partial charge in [0.15, 0.2) is 6.61 Å². The van der Waals surface area contributed by atoms with Gasteiger partial charge in [-0.3, -0.25) is 4.79 Å². The lowest BCUT2D eigenvalue weighted by molar-refractivity contribution is -0.124. The maximum absolute atomic E-state index is 12.0. The molecular weight excluding hydrogens is 250 g/mol. The lowest BCUT2D eigenvalue weighted by atomic mass is 9.95. The van der Waals surface area contributed by atoms with Gasteiger partial charge in [0.1, 0.15) is 5.75 Å². The van der Waals surface area contributed by atoms with Gasteiger partial charge in [0.05, 0.1) is 0 Å². The van der Waals surface area contributed by atoms with Crippen molar-refractivity contribution in [3.8, 4) is 5.75 Å². The summed E-state index contributed by atoms with van der Waals surface area (Å²) in [6.45, 7) is 4.24. The summed E-state index contributed by atoms with van der Waals surface area (Å²) in [5.41, 5.74) is 2.43. The minimum Gasteiger partial charge on any atom is -0.484 e. The summed E-state index contributed by atoms with van der Waals surface area (Å²) in [6.07, 6.45) is 5.12. The zero-order chi connectivity index (χ0) is 14.1. The number of aryl methyl sites for hydroxylation is 2. The van der Waals surface area contributed by atoms with Crippen molar-refractivity contribution in [1.82, 2.24) is 5.32 Å². The van der Waals surface area contributed by atoms with Crippen molar-refractivity contribution in [2.24, 2.45) is 11.8 Å². The largest absolute Gasteiger partial charge is 0.484 e. The van der Waals surface area contributed by atoms with E-state index < -0.39 is 0 Å². The minimum atomic E-state index is 0.0146. The molecule has 3 rings (SSSR count). The predicted octanol–water partition coefficient (Wildman–Crippen LogP) is 2.99. The summed E-state index contributed by atoms with van der Waals surface area (Å²) in [6, 6.07) is 6.33. The molecule has 3 nitrogen and oxygen atoms in total. The second-order valence-electron chi connectivity index (χ2n) is 6.38. The van der Waals surface area contributed by atoms with Crippen molar-refractivity contribution in [2.75, 3.05) is 6.61 Å². The van der Waals surface area contributed by atoms with E-state index in [-0.39, 0.29) is 12.5 Å². The third kappa shape index (κ3) is 2.82. The Labute approximate surface area is 120 Å². The summed E-state index contributed by atoms with van der Waals surface area (Å²) >= 11 is 0. The van der Waals surface area contributed by atoms with Crippen LogP contribution in [0.2, 0.25) is 0 Å². The van der Waals surface area contributed by atoms with Gasteiger partial charge >= 0.3 is 0 Å².